The summed E-state index contributed by atoms with van der Waals surface area (Å²) in [6.07, 6.45) is 11.6. The van der Waals surface area contributed by atoms with Crippen molar-refractivity contribution in [1.29, 1.82) is 0 Å². The SMILES string of the molecule is CN1CCCC1Cc1c[nH]c2cccc(OC(=O)CC3(CN)CCCCC3)c12. The van der Waals surface area contributed by atoms with E-state index in [4.69, 9.17) is 10.5 Å². The Morgan fingerprint density at radius 1 is 1.29 bits per heavy atom. The van der Waals surface area contributed by atoms with E-state index in [-0.39, 0.29) is 11.4 Å². The van der Waals surface area contributed by atoms with Crippen molar-refractivity contribution in [3.63, 3.8) is 0 Å². The highest BCUT2D eigenvalue weighted by Crippen LogP contribution is 2.39. The third-order valence-corrected chi connectivity index (χ3v) is 6.97. The molecule has 1 aliphatic heterocycles. The largest absolute Gasteiger partial charge is 0.426 e. The molecule has 0 radical (unpaired) electrons. The van der Waals surface area contributed by atoms with Gasteiger partial charge in [0.05, 0.1) is 6.42 Å². The number of hydrogen-bond acceptors (Lipinski definition) is 4. The molecule has 1 aliphatic carbocycles. The second-order valence-corrected chi connectivity index (χ2v) is 8.89. The number of aromatic amines is 1. The van der Waals surface area contributed by atoms with Gasteiger partial charge in [-0.2, -0.15) is 0 Å². The summed E-state index contributed by atoms with van der Waals surface area (Å²) in [5, 5.41) is 1.06. The van der Waals surface area contributed by atoms with Crippen molar-refractivity contribution in [3.8, 4) is 5.75 Å². The molecular formula is C23H33N3O2. The van der Waals surface area contributed by atoms with Gasteiger partial charge in [-0.25, -0.2) is 0 Å². The van der Waals surface area contributed by atoms with Crippen molar-refractivity contribution in [3.05, 3.63) is 30.0 Å². The minimum absolute atomic E-state index is 0.0727. The van der Waals surface area contributed by atoms with Gasteiger partial charge in [0.15, 0.2) is 0 Å². The van der Waals surface area contributed by atoms with Crippen LogP contribution >= 0.6 is 0 Å². The number of H-pyrrole nitrogens is 1. The van der Waals surface area contributed by atoms with Gasteiger partial charge in [-0.3, -0.25) is 4.79 Å². The van der Waals surface area contributed by atoms with Crippen LogP contribution in [-0.4, -0.2) is 42.0 Å². The normalized spacial score (nSPS) is 22.6. The molecule has 1 aromatic carbocycles. The molecule has 0 bridgehead atoms. The number of benzene rings is 1. The zero-order valence-corrected chi connectivity index (χ0v) is 17.0. The lowest BCUT2D eigenvalue weighted by Crippen LogP contribution is -2.36. The minimum Gasteiger partial charge on any atom is -0.426 e. The predicted molar refractivity (Wildman–Crippen MR) is 112 cm³/mol. The summed E-state index contributed by atoms with van der Waals surface area (Å²) in [5.41, 5.74) is 8.27. The average Bonchev–Trinajstić information content (AvgIpc) is 3.30. The Bertz CT molecular complexity index is 822. The topological polar surface area (TPSA) is 71.3 Å². The average molecular weight is 384 g/mol. The van der Waals surface area contributed by atoms with Crippen LogP contribution in [0.1, 0.15) is 56.9 Å². The van der Waals surface area contributed by atoms with Crippen molar-refractivity contribution in [2.45, 2.75) is 63.8 Å². The molecule has 1 saturated heterocycles. The highest BCUT2D eigenvalue weighted by molar-refractivity contribution is 5.91. The van der Waals surface area contributed by atoms with E-state index in [1.54, 1.807) is 0 Å². The number of nitrogens with two attached hydrogens (primary N) is 1. The van der Waals surface area contributed by atoms with Gasteiger partial charge in [0.25, 0.3) is 0 Å². The first-order valence-electron chi connectivity index (χ1n) is 10.8. The lowest BCUT2D eigenvalue weighted by molar-refractivity contribution is -0.137. The maximum Gasteiger partial charge on any atom is 0.311 e. The molecule has 1 aromatic heterocycles. The van der Waals surface area contributed by atoms with E-state index in [1.807, 2.05) is 12.1 Å². The number of fused-ring (bicyclic) bond motifs is 1. The Hall–Kier alpha value is -1.85. The van der Waals surface area contributed by atoms with Gasteiger partial charge in [-0.05, 0) is 75.4 Å². The molecule has 152 valence electrons. The molecule has 1 saturated carbocycles. The molecule has 4 rings (SSSR count). The van der Waals surface area contributed by atoms with Gasteiger partial charge >= 0.3 is 5.97 Å². The molecular weight excluding hydrogens is 350 g/mol. The Morgan fingerprint density at radius 2 is 2.11 bits per heavy atom. The monoisotopic (exact) mass is 383 g/mol. The Labute approximate surface area is 167 Å². The van der Waals surface area contributed by atoms with E-state index < -0.39 is 0 Å². The summed E-state index contributed by atoms with van der Waals surface area (Å²) in [5.74, 6) is 0.535. The molecule has 2 aromatic rings. The maximum absolute atomic E-state index is 12.8. The van der Waals surface area contributed by atoms with Crippen LogP contribution in [0.3, 0.4) is 0 Å². The summed E-state index contributed by atoms with van der Waals surface area (Å²) >= 11 is 0. The molecule has 2 fully saturated rings. The predicted octanol–water partition coefficient (Wildman–Crippen LogP) is 4.01. The van der Waals surface area contributed by atoms with Crippen LogP contribution in [0.5, 0.6) is 5.75 Å². The van der Waals surface area contributed by atoms with E-state index in [2.05, 4.69) is 29.2 Å². The zero-order valence-electron chi connectivity index (χ0n) is 17.0. The molecule has 0 spiro atoms. The Morgan fingerprint density at radius 3 is 2.82 bits per heavy atom. The molecule has 2 aliphatic rings. The molecule has 3 N–H and O–H groups in total. The lowest BCUT2D eigenvalue weighted by Gasteiger charge is -2.35. The number of likely N-dealkylation sites (N-methyl/N-ethyl adjacent to an activating group) is 1. The maximum atomic E-state index is 12.8. The zero-order chi connectivity index (χ0) is 19.6. The third-order valence-electron chi connectivity index (χ3n) is 6.97. The van der Waals surface area contributed by atoms with Crippen molar-refractivity contribution >= 4 is 16.9 Å². The summed E-state index contributed by atoms with van der Waals surface area (Å²) in [4.78, 5) is 18.6. The molecule has 2 heterocycles. The number of hydrogen-bond donors (Lipinski definition) is 2. The second kappa shape index (κ2) is 8.26. The Balaban J connectivity index is 1.53. The summed E-state index contributed by atoms with van der Waals surface area (Å²) in [6, 6.07) is 6.49. The first-order chi connectivity index (χ1) is 13.6. The second-order valence-electron chi connectivity index (χ2n) is 8.89. The molecule has 1 atom stereocenters. The molecule has 1 unspecified atom stereocenters. The van der Waals surface area contributed by atoms with E-state index >= 15 is 0 Å². The van der Waals surface area contributed by atoms with E-state index in [1.165, 1.54) is 24.8 Å². The standard InChI is InChI=1S/C23H33N3O2/c1-26-12-6-7-18(26)13-17-15-25-19-8-5-9-20(22(17)19)28-21(27)14-23(16-24)10-3-2-4-11-23/h5,8-9,15,18,25H,2-4,6-7,10-14,16,24H2,1H3. The first kappa shape index (κ1) is 19.5. The van der Waals surface area contributed by atoms with Crippen LogP contribution in [0, 0.1) is 5.41 Å². The Kier molecular flexibility index (Phi) is 5.74. The number of aromatic nitrogens is 1. The van der Waals surface area contributed by atoms with E-state index in [0.717, 1.165) is 49.6 Å². The number of rotatable bonds is 6. The first-order valence-corrected chi connectivity index (χ1v) is 10.8. The van der Waals surface area contributed by atoms with Gasteiger partial charge in [0.2, 0.25) is 0 Å². The number of carbonyl (C=O) groups is 1. The lowest BCUT2D eigenvalue weighted by atomic mass is 9.72. The summed E-state index contributed by atoms with van der Waals surface area (Å²) in [6.45, 7) is 1.73. The van der Waals surface area contributed by atoms with Crippen molar-refractivity contribution in [2.75, 3.05) is 20.1 Å². The van der Waals surface area contributed by atoms with Gasteiger partial charge in [-0.1, -0.05) is 25.3 Å². The third kappa shape index (κ3) is 3.96. The number of nitrogens with one attached hydrogen (secondary N) is 1. The van der Waals surface area contributed by atoms with Crippen molar-refractivity contribution in [2.24, 2.45) is 11.1 Å². The van der Waals surface area contributed by atoms with Crippen LogP contribution < -0.4 is 10.5 Å². The van der Waals surface area contributed by atoms with Crippen molar-refractivity contribution < 1.29 is 9.53 Å². The van der Waals surface area contributed by atoms with E-state index in [0.29, 0.717) is 24.8 Å². The number of likely N-dealkylation sites (tertiary alicyclic amines) is 1. The van der Waals surface area contributed by atoms with Crippen LogP contribution in [0.2, 0.25) is 0 Å². The van der Waals surface area contributed by atoms with Crippen molar-refractivity contribution in [1.82, 2.24) is 9.88 Å². The molecule has 28 heavy (non-hydrogen) atoms. The number of esters is 1. The number of carbonyl (C=O) groups excluding carboxylic acids is 1. The fourth-order valence-electron chi connectivity index (χ4n) is 5.18. The van der Waals surface area contributed by atoms with E-state index in [9.17, 15) is 4.79 Å². The van der Waals surface area contributed by atoms with Gasteiger partial charge in [0.1, 0.15) is 5.75 Å². The molecule has 5 nitrogen and oxygen atoms in total. The highest BCUT2D eigenvalue weighted by atomic mass is 16.5. The van der Waals surface area contributed by atoms with Gasteiger partial charge in [0, 0.05) is 23.1 Å². The molecule has 5 heteroatoms. The highest BCUT2D eigenvalue weighted by Gasteiger charge is 2.34. The molecule has 0 amide bonds. The van der Waals surface area contributed by atoms with Crippen LogP contribution in [-0.2, 0) is 11.2 Å². The fourth-order valence-corrected chi connectivity index (χ4v) is 5.18. The van der Waals surface area contributed by atoms with Crippen LogP contribution in [0.4, 0.5) is 0 Å². The van der Waals surface area contributed by atoms with Crippen LogP contribution in [0.25, 0.3) is 10.9 Å². The quantitative estimate of drug-likeness (QED) is 0.584. The summed E-state index contributed by atoms with van der Waals surface area (Å²) < 4.78 is 5.92. The minimum atomic E-state index is -0.148. The van der Waals surface area contributed by atoms with Crippen LogP contribution in [0.15, 0.2) is 24.4 Å². The number of nitrogens with zero attached hydrogens (tertiary/aromatic N) is 1. The van der Waals surface area contributed by atoms with Gasteiger partial charge < -0.3 is 20.4 Å². The van der Waals surface area contributed by atoms with Gasteiger partial charge in [-0.15, -0.1) is 0 Å². The summed E-state index contributed by atoms with van der Waals surface area (Å²) in [7, 11) is 2.20. The fraction of sp³-hybridized carbons (Fsp3) is 0.609. The smallest absolute Gasteiger partial charge is 0.311 e. The number of ether oxygens (including phenoxy) is 1.